The summed E-state index contributed by atoms with van der Waals surface area (Å²) in [7, 11) is 0. The molecule has 7 heteroatoms. The monoisotopic (exact) mass is 293 g/mol. The molecule has 0 aromatic carbocycles. The molecule has 0 amide bonds. The summed E-state index contributed by atoms with van der Waals surface area (Å²) in [5.41, 5.74) is 1.51. The lowest BCUT2D eigenvalue weighted by Crippen LogP contribution is -2.36. The van der Waals surface area contributed by atoms with E-state index in [1.165, 1.54) is 11.2 Å². The van der Waals surface area contributed by atoms with E-state index >= 15 is 0 Å². The Kier molecular flexibility index (Phi) is 2.79. The summed E-state index contributed by atoms with van der Waals surface area (Å²) in [6.45, 7) is 0.142. The molecule has 1 aliphatic heterocycles. The van der Waals surface area contributed by atoms with Crippen LogP contribution in [0.25, 0.3) is 0 Å². The van der Waals surface area contributed by atoms with Gasteiger partial charge in [-0.3, -0.25) is 10.4 Å². The van der Waals surface area contributed by atoms with Crippen molar-refractivity contribution in [1.29, 1.82) is 0 Å². The molecule has 0 atom stereocenters. The summed E-state index contributed by atoms with van der Waals surface area (Å²) in [4.78, 5) is 3.99. The lowest BCUT2D eigenvalue weighted by Gasteiger charge is -2.19. The molecule has 0 saturated carbocycles. The molecule has 3 nitrogen and oxygen atoms in total. The highest BCUT2D eigenvalue weighted by molar-refractivity contribution is 9.10. The van der Waals surface area contributed by atoms with Crippen LogP contribution in [0.3, 0.4) is 0 Å². The summed E-state index contributed by atoms with van der Waals surface area (Å²) >= 11 is 3.20. The van der Waals surface area contributed by atoms with E-state index < -0.39 is 11.9 Å². The summed E-state index contributed by atoms with van der Waals surface area (Å²) in [5.74, 6) is 0.443. The smallest absolute Gasteiger partial charge is 0.293 e. The van der Waals surface area contributed by atoms with Crippen LogP contribution < -0.4 is 10.4 Å². The molecular weight excluding hydrogens is 287 g/mol. The molecule has 0 fully saturated rings. The van der Waals surface area contributed by atoms with Gasteiger partial charge >= 0.3 is 6.18 Å². The molecule has 0 saturated heterocycles. The minimum absolute atomic E-state index is 0.142. The van der Waals surface area contributed by atoms with Gasteiger partial charge in [-0.1, -0.05) is 0 Å². The number of hydrazine groups is 1. The third-order valence-corrected chi connectivity index (χ3v) is 2.50. The second kappa shape index (κ2) is 3.97. The summed E-state index contributed by atoms with van der Waals surface area (Å²) in [6.07, 6.45) is -1.73. The van der Waals surface area contributed by atoms with Gasteiger partial charge in [0.15, 0.2) is 0 Å². The van der Waals surface area contributed by atoms with Crippen LogP contribution in [0.15, 0.2) is 34.6 Å². The first-order valence-corrected chi connectivity index (χ1v) is 5.19. The van der Waals surface area contributed by atoms with Crippen molar-refractivity contribution in [2.24, 2.45) is 0 Å². The van der Waals surface area contributed by atoms with E-state index in [9.17, 15) is 13.2 Å². The molecule has 0 unspecified atom stereocenters. The van der Waals surface area contributed by atoms with Gasteiger partial charge in [-0.2, -0.15) is 13.2 Å². The van der Waals surface area contributed by atoms with Gasteiger partial charge < -0.3 is 0 Å². The average molecular weight is 294 g/mol. The Balaban J connectivity index is 2.09. The van der Waals surface area contributed by atoms with Gasteiger partial charge in [0, 0.05) is 10.7 Å². The molecule has 0 bridgehead atoms. The average Bonchev–Trinajstić information content (AvgIpc) is 2.67. The number of allylic oxidation sites excluding steroid dienone is 1. The maximum atomic E-state index is 12.3. The molecule has 0 aliphatic carbocycles. The van der Waals surface area contributed by atoms with E-state index in [4.69, 9.17) is 0 Å². The highest BCUT2D eigenvalue weighted by Gasteiger charge is 2.37. The van der Waals surface area contributed by atoms with Crippen molar-refractivity contribution < 1.29 is 13.2 Å². The van der Waals surface area contributed by atoms with Crippen molar-refractivity contribution in [3.63, 3.8) is 0 Å². The number of rotatable bonds is 1. The Morgan fingerprint density at radius 1 is 1.38 bits per heavy atom. The molecular formula is C9H7BrF3N3. The second-order valence-electron chi connectivity index (χ2n) is 3.17. The van der Waals surface area contributed by atoms with Gasteiger partial charge in [0.25, 0.3) is 0 Å². The largest absolute Gasteiger partial charge is 0.432 e. The third kappa shape index (κ3) is 2.29. The number of alkyl halides is 3. The molecule has 2 heterocycles. The molecule has 1 aromatic rings. The van der Waals surface area contributed by atoms with Crippen LogP contribution in [0.2, 0.25) is 0 Å². The number of halogens is 4. The zero-order chi connectivity index (χ0) is 11.8. The molecule has 2 rings (SSSR count). The quantitative estimate of drug-likeness (QED) is 0.863. The Bertz CT molecular complexity index is 413. The SMILES string of the molecule is FC(F)(F)C1=CCN(c2ccc(Br)cn2)N1. The number of nitrogens with one attached hydrogen (secondary N) is 1. The number of hydrogen-bond acceptors (Lipinski definition) is 3. The normalized spacial score (nSPS) is 16.0. The van der Waals surface area contributed by atoms with E-state index in [1.54, 1.807) is 12.1 Å². The van der Waals surface area contributed by atoms with Crippen molar-refractivity contribution in [3.8, 4) is 0 Å². The van der Waals surface area contributed by atoms with Crippen molar-refractivity contribution in [3.05, 3.63) is 34.6 Å². The van der Waals surface area contributed by atoms with E-state index in [-0.39, 0.29) is 6.54 Å². The van der Waals surface area contributed by atoms with Crippen LogP contribution in [0.5, 0.6) is 0 Å². The minimum atomic E-state index is -4.34. The fourth-order valence-corrected chi connectivity index (χ4v) is 1.51. The molecule has 1 aromatic heterocycles. The van der Waals surface area contributed by atoms with Crippen LogP contribution in [-0.4, -0.2) is 17.7 Å². The zero-order valence-corrected chi connectivity index (χ0v) is 9.51. The van der Waals surface area contributed by atoms with Crippen LogP contribution in [0.4, 0.5) is 19.0 Å². The summed E-state index contributed by atoms with van der Waals surface area (Å²) < 4.78 is 37.8. The molecule has 1 aliphatic rings. The lowest BCUT2D eigenvalue weighted by molar-refractivity contribution is -0.0958. The Morgan fingerprint density at radius 2 is 2.12 bits per heavy atom. The number of hydrogen-bond donors (Lipinski definition) is 1. The first-order chi connectivity index (χ1) is 7.47. The van der Waals surface area contributed by atoms with E-state index in [0.717, 1.165) is 10.5 Å². The van der Waals surface area contributed by atoms with E-state index in [2.05, 4.69) is 26.3 Å². The fraction of sp³-hybridized carbons (Fsp3) is 0.222. The maximum absolute atomic E-state index is 12.3. The van der Waals surface area contributed by atoms with Crippen molar-refractivity contribution in [2.75, 3.05) is 11.6 Å². The van der Waals surface area contributed by atoms with Gasteiger partial charge in [-0.05, 0) is 34.1 Å². The fourth-order valence-electron chi connectivity index (χ4n) is 1.28. The van der Waals surface area contributed by atoms with Crippen LogP contribution in [0.1, 0.15) is 0 Å². The molecule has 16 heavy (non-hydrogen) atoms. The number of aromatic nitrogens is 1. The van der Waals surface area contributed by atoms with Gasteiger partial charge in [-0.25, -0.2) is 4.98 Å². The Hall–Kier alpha value is -1.24. The van der Waals surface area contributed by atoms with E-state index in [0.29, 0.717) is 5.82 Å². The molecule has 86 valence electrons. The Labute approximate surface area is 98.1 Å². The molecule has 0 radical (unpaired) electrons. The van der Waals surface area contributed by atoms with E-state index in [1.807, 2.05) is 0 Å². The highest BCUT2D eigenvalue weighted by atomic mass is 79.9. The number of anilines is 1. The minimum Gasteiger partial charge on any atom is -0.293 e. The van der Waals surface area contributed by atoms with Crippen molar-refractivity contribution in [1.82, 2.24) is 10.4 Å². The second-order valence-corrected chi connectivity index (χ2v) is 4.09. The molecule has 0 spiro atoms. The standard InChI is InChI=1S/C9H7BrF3N3/c10-6-1-2-8(14-5-6)16-4-3-7(15-16)9(11,12)13/h1-3,5,15H,4H2. The van der Waals surface area contributed by atoms with Crippen molar-refractivity contribution in [2.45, 2.75) is 6.18 Å². The zero-order valence-electron chi connectivity index (χ0n) is 7.92. The van der Waals surface area contributed by atoms with Crippen LogP contribution in [-0.2, 0) is 0 Å². The van der Waals surface area contributed by atoms with Gasteiger partial charge in [-0.15, -0.1) is 0 Å². The number of pyridine rings is 1. The van der Waals surface area contributed by atoms with Gasteiger partial charge in [0.1, 0.15) is 11.5 Å². The predicted octanol–water partition coefficient (Wildman–Crippen LogP) is 2.61. The highest BCUT2D eigenvalue weighted by Crippen LogP contribution is 2.27. The third-order valence-electron chi connectivity index (χ3n) is 2.03. The summed E-state index contributed by atoms with van der Waals surface area (Å²) in [6, 6.07) is 3.35. The topological polar surface area (TPSA) is 28.2 Å². The Morgan fingerprint density at radius 3 is 2.62 bits per heavy atom. The predicted molar refractivity (Wildman–Crippen MR) is 56.6 cm³/mol. The van der Waals surface area contributed by atoms with Crippen LogP contribution in [0, 0.1) is 0 Å². The summed E-state index contributed by atoms with van der Waals surface area (Å²) in [5, 5.41) is 1.33. The maximum Gasteiger partial charge on any atom is 0.432 e. The first-order valence-electron chi connectivity index (χ1n) is 4.40. The van der Waals surface area contributed by atoms with Gasteiger partial charge in [0.05, 0.1) is 6.54 Å². The van der Waals surface area contributed by atoms with Gasteiger partial charge in [0.2, 0.25) is 0 Å². The van der Waals surface area contributed by atoms with Crippen molar-refractivity contribution >= 4 is 21.7 Å². The first kappa shape index (κ1) is 11.3. The number of nitrogens with zero attached hydrogens (tertiary/aromatic N) is 2. The lowest BCUT2D eigenvalue weighted by atomic mass is 10.4. The van der Waals surface area contributed by atoms with Crippen LogP contribution >= 0.6 is 15.9 Å². The molecule has 1 N–H and O–H groups in total.